The first kappa shape index (κ1) is 10.0. The third kappa shape index (κ3) is 1.41. The molecule has 0 N–H and O–H groups in total. The maximum atomic E-state index is 14.0. The minimum atomic E-state index is -1.59. The second-order valence-electron chi connectivity index (χ2n) is 3.58. The summed E-state index contributed by atoms with van der Waals surface area (Å²) < 4.78 is 14.0. The molecule has 0 fully saturated rings. The van der Waals surface area contributed by atoms with E-state index in [1.54, 1.807) is 6.92 Å². The van der Waals surface area contributed by atoms with Gasteiger partial charge in [-0.1, -0.05) is 6.92 Å². The van der Waals surface area contributed by atoms with Crippen LogP contribution < -0.4 is 0 Å². The molecule has 1 rings (SSSR count). The molecule has 0 aromatic carbocycles. The zero-order chi connectivity index (χ0) is 10.1. The van der Waals surface area contributed by atoms with Crippen molar-refractivity contribution in [3.8, 4) is 0 Å². The summed E-state index contributed by atoms with van der Waals surface area (Å²) >= 11 is 0. The molecule has 0 aliphatic carbocycles. The summed E-state index contributed by atoms with van der Waals surface area (Å²) in [4.78, 5) is 18.6. The lowest BCUT2D eigenvalue weighted by Crippen LogP contribution is -2.47. The molecule has 1 aliphatic rings. The van der Waals surface area contributed by atoms with E-state index in [1.807, 2.05) is 0 Å². The molecule has 13 heavy (non-hydrogen) atoms. The predicted octanol–water partition coefficient (Wildman–Crippen LogP) is 1.77. The van der Waals surface area contributed by atoms with Gasteiger partial charge in [-0.2, -0.15) is 0 Å². The molecule has 1 heterocycles. The van der Waals surface area contributed by atoms with Crippen molar-refractivity contribution in [3.05, 3.63) is 0 Å². The highest BCUT2D eigenvalue weighted by Crippen LogP contribution is 2.37. The highest BCUT2D eigenvalue weighted by Gasteiger charge is 2.49. The van der Waals surface area contributed by atoms with E-state index in [0.717, 1.165) is 6.34 Å². The Morgan fingerprint density at radius 3 is 2.77 bits per heavy atom. The maximum Gasteiger partial charge on any atom is 0.261 e. The minimum absolute atomic E-state index is 0.261. The molecule has 0 radical (unpaired) electrons. The maximum absolute atomic E-state index is 14.0. The van der Waals surface area contributed by atoms with Crippen molar-refractivity contribution in [3.63, 3.8) is 0 Å². The molecule has 2 unspecified atom stereocenters. The number of nitrogens with zero attached hydrogens (tertiary/aromatic N) is 2. The van der Waals surface area contributed by atoms with E-state index >= 15 is 0 Å². The van der Waals surface area contributed by atoms with Crippen molar-refractivity contribution in [1.82, 2.24) is 0 Å². The van der Waals surface area contributed by atoms with Gasteiger partial charge in [0.05, 0.1) is 0 Å². The topological polar surface area (TPSA) is 41.8 Å². The number of alkyl halides is 1. The Kier molecular flexibility index (Phi) is 2.32. The first-order valence-corrected chi connectivity index (χ1v) is 4.24. The summed E-state index contributed by atoms with van der Waals surface area (Å²) in [6, 6.07) is 0. The summed E-state index contributed by atoms with van der Waals surface area (Å²) in [7, 11) is 0. The molecule has 0 aromatic rings. The average molecular weight is 184 g/mol. The first-order valence-electron chi connectivity index (χ1n) is 4.24. The summed E-state index contributed by atoms with van der Waals surface area (Å²) in [6.07, 6.45) is 2.75. The van der Waals surface area contributed by atoms with Gasteiger partial charge in [0.1, 0.15) is 17.4 Å². The van der Waals surface area contributed by atoms with Crippen molar-refractivity contribution in [1.29, 1.82) is 0 Å². The largest absolute Gasteiger partial charge is 0.271 e. The molecule has 0 saturated heterocycles. The van der Waals surface area contributed by atoms with Crippen molar-refractivity contribution in [2.75, 3.05) is 0 Å². The summed E-state index contributed by atoms with van der Waals surface area (Å²) in [6.45, 7) is 4.63. The molecule has 72 valence electrons. The van der Waals surface area contributed by atoms with Crippen LogP contribution in [0.3, 0.4) is 0 Å². The van der Waals surface area contributed by atoms with Gasteiger partial charge in [-0.3, -0.25) is 4.79 Å². The average Bonchev–Trinajstić information content (AvgIpc) is 2.10. The number of hydrogen-bond donors (Lipinski definition) is 0. The van der Waals surface area contributed by atoms with Gasteiger partial charge in [-0.15, -0.1) is 0 Å². The third-order valence-corrected chi connectivity index (χ3v) is 2.77. The summed E-state index contributed by atoms with van der Waals surface area (Å²) in [5.74, 6) is -0.464. The fourth-order valence-electron chi connectivity index (χ4n) is 1.18. The van der Waals surface area contributed by atoms with Crippen LogP contribution in [0.15, 0.2) is 9.98 Å². The van der Waals surface area contributed by atoms with Crippen LogP contribution in [-0.4, -0.2) is 24.1 Å². The number of aliphatic imine (C=N–C) groups is 2. The third-order valence-electron chi connectivity index (χ3n) is 2.77. The van der Waals surface area contributed by atoms with Gasteiger partial charge < -0.3 is 0 Å². The quantitative estimate of drug-likeness (QED) is 0.644. The molecule has 1 aliphatic heterocycles. The molecule has 0 aromatic heterocycles. The summed E-state index contributed by atoms with van der Waals surface area (Å²) in [5.41, 5.74) is -2.80. The number of rotatable bonds is 2. The lowest BCUT2D eigenvalue weighted by molar-refractivity contribution is -0.129. The van der Waals surface area contributed by atoms with Gasteiger partial charge in [-0.25, -0.2) is 14.4 Å². The van der Waals surface area contributed by atoms with E-state index in [2.05, 4.69) is 9.98 Å². The molecule has 0 bridgehead atoms. The predicted molar refractivity (Wildman–Crippen MR) is 49.9 cm³/mol. The van der Waals surface area contributed by atoms with E-state index in [9.17, 15) is 9.18 Å². The Hall–Kier alpha value is -1.06. The van der Waals surface area contributed by atoms with Crippen LogP contribution >= 0.6 is 0 Å². The number of halogens is 1. The van der Waals surface area contributed by atoms with E-state index in [4.69, 9.17) is 0 Å². The fraction of sp³-hybridized carbons (Fsp3) is 0.667. The monoisotopic (exact) mass is 184 g/mol. The van der Waals surface area contributed by atoms with Gasteiger partial charge in [-0.05, 0) is 20.3 Å². The Morgan fingerprint density at radius 1 is 1.69 bits per heavy atom. The van der Waals surface area contributed by atoms with Crippen molar-refractivity contribution < 1.29 is 9.18 Å². The van der Waals surface area contributed by atoms with Gasteiger partial charge in [0.25, 0.3) is 5.91 Å². The van der Waals surface area contributed by atoms with E-state index in [0.29, 0.717) is 0 Å². The van der Waals surface area contributed by atoms with Gasteiger partial charge in [0.15, 0.2) is 0 Å². The lowest BCUT2D eigenvalue weighted by atomic mass is 9.74. The van der Waals surface area contributed by atoms with E-state index in [1.165, 1.54) is 20.1 Å². The van der Waals surface area contributed by atoms with Crippen LogP contribution in [-0.2, 0) is 4.79 Å². The molecule has 2 atom stereocenters. The molecule has 0 saturated carbocycles. The SMILES string of the molecule is CCC(C)(F)C1(C)C=NC=NC1=O. The van der Waals surface area contributed by atoms with E-state index < -0.39 is 17.0 Å². The minimum Gasteiger partial charge on any atom is -0.271 e. The molecule has 1 amide bonds. The van der Waals surface area contributed by atoms with Crippen LogP contribution in [0.1, 0.15) is 27.2 Å². The zero-order valence-electron chi connectivity index (χ0n) is 8.04. The van der Waals surface area contributed by atoms with Crippen LogP contribution in [0.5, 0.6) is 0 Å². The van der Waals surface area contributed by atoms with Crippen LogP contribution in [0.2, 0.25) is 0 Å². The second kappa shape index (κ2) is 3.01. The Morgan fingerprint density at radius 2 is 2.31 bits per heavy atom. The molecular weight excluding hydrogens is 171 g/mol. The normalized spacial score (nSPS) is 31.8. The Balaban J connectivity index is 3.07. The summed E-state index contributed by atoms with van der Waals surface area (Å²) in [5, 5.41) is 0. The smallest absolute Gasteiger partial charge is 0.261 e. The second-order valence-corrected chi connectivity index (χ2v) is 3.58. The van der Waals surface area contributed by atoms with Gasteiger partial charge >= 0.3 is 0 Å². The fourth-order valence-corrected chi connectivity index (χ4v) is 1.18. The molecule has 0 spiro atoms. The van der Waals surface area contributed by atoms with Crippen LogP contribution in [0.25, 0.3) is 0 Å². The lowest BCUT2D eigenvalue weighted by Gasteiger charge is -2.34. The molecular formula is C9H13FN2O. The zero-order valence-corrected chi connectivity index (χ0v) is 8.04. The standard InChI is InChI=1S/C9H13FN2O/c1-4-9(3,10)8(2)5-11-6-12-7(8)13/h5-6H,4H2,1-3H3. The first-order chi connectivity index (χ1) is 5.94. The number of carbonyl (C=O) groups excluding carboxylic acids is 1. The number of hydrogen-bond acceptors (Lipinski definition) is 2. The number of carbonyl (C=O) groups is 1. The van der Waals surface area contributed by atoms with Gasteiger partial charge in [0.2, 0.25) is 0 Å². The van der Waals surface area contributed by atoms with Crippen molar-refractivity contribution >= 4 is 18.5 Å². The highest BCUT2D eigenvalue weighted by atomic mass is 19.1. The van der Waals surface area contributed by atoms with E-state index in [-0.39, 0.29) is 6.42 Å². The Labute approximate surface area is 76.8 Å². The van der Waals surface area contributed by atoms with Crippen LogP contribution in [0, 0.1) is 5.41 Å². The molecule has 3 nitrogen and oxygen atoms in total. The Bertz CT molecular complexity index is 283. The van der Waals surface area contributed by atoms with Gasteiger partial charge in [0, 0.05) is 6.21 Å². The van der Waals surface area contributed by atoms with Crippen molar-refractivity contribution in [2.45, 2.75) is 32.9 Å². The number of amides is 1. The molecule has 4 heteroatoms. The van der Waals surface area contributed by atoms with Crippen LogP contribution in [0.4, 0.5) is 4.39 Å². The van der Waals surface area contributed by atoms with Crippen molar-refractivity contribution in [2.24, 2.45) is 15.4 Å². The highest BCUT2D eigenvalue weighted by molar-refractivity contribution is 6.07.